The number of fused-ring (bicyclic) bond motifs is 2. The maximum absolute atomic E-state index is 13.2. The maximum Gasteiger partial charge on any atom is 0.280 e. The van der Waals surface area contributed by atoms with Crippen molar-refractivity contribution < 1.29 is 18.8 Å². The molecular formula is C37H31FN6O3S2. The van der Waals surface area contributed by atoms with E-state index in [0.29, 0.717) is 28.3 Å². The number of aromatic nitrogens is 3. The minimum atomic E-state index is -0.257. The molecule has 0 radical (unpaired) electrons. The first-order valence-corrected chi connectivity index (χ1v) is 17.0. The van der Waals surface area contributed by atoms with Crippen molar-refractivity contribution in [1.82, 2.24) is 24.6 Å². The summed E-state index contributed by atoms with van der Waals surface area (Å²) < 4.78 is 15.2. The van der Waals surface area contributed by atoms with E-state index >= 15 is 0 Å². The van der Waals surface area contributed by atoms with Crippen LogP contribution in [-0.4, -0.2) is 44.5 Å². The molecule has 2 N–H and O–H groups in total. The number of halogens is 1. The van der Waals surface area contributed by atoms with E-state index in [1.54, 1.807) is 42.6 Å². The Balaban J connectivity index is 0.000000295. The Labute approximate surface area is 289 Å². The summed E-state index contributed by atoms with van der Waals surface area (Å²) in [5.41, 5.74) is 5.33. The summed E-state index contributed by atoms with van der Waals surface area (Å²) in [4.78, 5) is 47.8. The van der Waals surface area contributed by atoms with Crippen molar-refractivity contribution in [3.05, 3.63) is 142 Å². The normalized spacial score (nSPS) is 11.4. The van der Waals surface area contributed by atoms with E-state index in [9.17, 15) is 18.8 Å². The fourth-order valence-electron chi connectivity index (χ4n) is 5.06. The van der Waals surface area contributed by atoms with Crippen LogP contribution in [0.25, 0.3) is 26.4 Å². The zero-order chi connectivity index (χ0) is 34.3. The number of nitrogens with zero attached hydrogens (tertiary/aromatic N) is 4. The lowest BCUT2D eigenvalue weighted by molar-refractivity contribution is -0.117. The first-order valence-electron chi connectivity index (χ1n) is 15.3. The van der Waals surface area contributed by atoms with E-state index in [2.05, 4.69) is 20.6 Å². The number of rotatable bonds is 9. The van der Waals surface area contributed by atoms with Crippen LogP contribution in [0.5, 0.6) is 0 Å². The fraction of sp³-hybridized carbons (Fsp3) is 0.108. The highest BCUT2D eigenvalue weighted by atomic mass is 32.1. The molecule has 0 saturated heterocycles. The minimum absolute atomic E-state index is 0.137. The molecule has 7 rings (SSSR count). The van der Waals surface area contributed by atoms with Crippen molar-refractivity contribution >= 4 is 61.8 Å². The van der Waals surface area contributed by atoms with E-state index in [1.807, 2.05) is 89.8 Å². The maximum atomic E-state index is 13.2. The number of benzene rings is 4. The number of amides is 3. The molecule has 0 saturated carbocycles. The average Bonchev–Trinajstić information content (AvgIpc) is 3.86. The number of anilines is 1. The Morgan fingerprint density at radius 1 is 0.959 bits per heavy atom. The third kappa shape index (κ3) is 8.06. The van der Waals surface area contributed by atoms with Crippen LogP contribution in [0.15, 0.2) is 115 Å². The molecule has 49 heavy (non-hydrogen) atoms. The van der Waals surface area contributed by atoms with Crippen LogP contribution in [0.4, 0.5) is 10.1 Å². The van der Waals surface area contributed by atoms with Gasteiger partial charge >= 0.3 is 0 Å². The number of hydrogen-bond donors (Lipinski definition) is 2. The summed E-state index contributed by atoms with van der Waals surface area (Å²) in [5, 5.41) is 8.34. The van der Waals surface area contributed by atoms with Gasteiger partial charge in [0.15, 0.2) is 9.97 Å². The first-order chi connectivity index (χ1) is 23.8. The lowest BCUT2D eigenvalue weighted by atomic mass is 10.0. The predicted molar refractivity (Wildman–Crippen MR) is 192 cm³/mol. The average molecular weight is 691 g/mol. The topological polar surface area (TPSA) is 109 Å². The van der Waals surface area contributed by atoms with Crippen molar-refractivity contribution in [2.45, 2.75) is 19.5 Å². The number of nitrogens with one attached hydrogen (secondary N) is 2. The summed E-state index contributed by atoms with van der Waals surface area (Å²) >= 11 is 2.84. The van der Waals surface area contributed by atoms with Crippen LogP contribution >= 0.6 is 22.7 Å². The first kappa shape index (κ1) is 33.2. The second-order valence-corrected chi connectivity index (χ2v) is 13.1. The van der Waals surface area contributed by atoms with Gasteiger partial charge in [0, 0.05) is 48.2 Å². The number of hydrogen-bond acceptors (Lipinski definition) is 7. The second kappa shape index (κ2) is 15.0. The summed E-state index contributed by atoms with van der Waals surface area (Å²) in [6.07, 6.45) is 4.61. The summed E-state index contributed by atoms with van der Waals surface area (Å²) in [7, 11) is 1.68. The van der Waals surface area contributed by atoms with Gasteiger partial charge in [-0.25, -0.2) is 14.4 Å². The van der Waals surface area contributed by atoms with E-state index in [1.165, 1.54) is 28.4 Å². The molecule has 3 amide bonds. The van der Waals surface area contributed by atoms with Crippen molar-refractivity contribution in [3.8, 4) is 11.3 Å². The standard InChI is InChI=1S/C28H21N5O2S2.C9H10FNO/c1-17(18-7-3-2-4-8-18)29-26(35)27-31-22-12-11-19(15-24(22)37-27)30-25(34)21-10-6-5-9-20(21)23-16-33-13-14-36-28(33)32-23;1-11(7-12)6-8-2-4-9(10)5-3-8/h2-17H,1H3,(H,29,35)(H,30,34);2-5,7H,6H2,1H3. The molecule has 0 bridgehead atoms. The van der Waals surface area contributed by atoms with E-state index < -0.39 is 0 Å². The third-order valence-corrected chi connectivity index (χ3v) is 9.34. The Kier molecular flexibility index (Phi) is 10.2. The van der Waals surface area contributed by atoms with Gasteiger partial charge in [0.2, 0.25) is 6.41 Å². The molecule has 9 nitrogen and oxygen atoms in total. The molecule has 4 aromatic carbocycles. The van der Waals surface area contributed by atoms with Gasteiger partial charge in [-0.1, -0.05) is 60.7 Å². The van der Waals surface area contributed by atoms with Crippen molar-refractivity contribution in [2.75, 3.05) is 12.4 Å². The van der Waals surface area contributed by atoms with Gasteiger partial charge in [0.1, 0.15) is 5.82 Å². The Morgan fingerprint density at radius 3 is 2.47 bits per heavy atom. The van der Waals surface area contributed by atoms with Crippen LogP contribution in [0.3, 0.4) is 0 Å². The summed E-state index contributed by atoms with van der Waals surface area (Å²) in [6.45, 7) is 2.46. The molecule has 7 aromatic rings. The third-order valence-electron chi connectivity index (χ3n) is 7.55. The van der Waals surface area contributed by atoms with Gasteiger partial charge in [-0.3, -0.25) is 18.8 Å². The van der Waals surface area contributed by atoms with Crippen LogP contribution in [0.1, 0.15) is 44.3 Å². The Hall–Kier alpha value is -5.72. The van der Waals surface area contributed by atoms with Crippen LogP contribution in [0.2, 0.25) is 0 Å². The highest BCUT2D eigenvalue weighted by Gasteiger charge is 2.18. The zero-order valence-electron chi connectivity index (χ0n) is 26.5. The zero-order valence-corrected chi connectivity index (χ0v) is 28.2. The number of carbonyl (C=O) groups excluding carboxylic acids is 3. The largest absolute Gasteiger partial charge is 0.344 e. The lowest BCUT2D eigenvalue weighted by Gasteiger charge is -2.12. The highest BCUT2D eigenvalue weighted by molar-refractivity contribution is 7.20. The quantitative estimate of drug-likeness (QED) is 0.150. The Bertz CT molecular complexity index is 2200. The molecule has 3 heterocycles. The second-order valence-electron chi connectivity index (χ2n) is 11.2. The van der Waals surface area contributed by atoms with Gasteiger partial charge in [-0.2, -0.15) is 0 Å². The van der Waals surface area contributed by atoms with Gasteiger partial charge in [-0.15, -0.1) is 22.7 Å². The van der Waals surface area contributed by atoms with Gasteiger partial charge in [0.05, 0.1) is 22.0 Å². The summed E-state index contributed by atoms with van der Waals surface area (Å²) in [5.74, 6) is -0.713. The number of carbonyl (C=O) groups is 3. The van der Waals surface area contributed by atoms with Crippen molar-refractivity contribution in [2.24, 2.45) is 0 Å². The molecule has 12 heteroatoms. The fourth-order valence-corrected chi connectivity index (χ4v) is 6.67. The molecule has 0 fully saturated rings. The molecule has 3 aromatic heterocycles. The predicted octanol–water partition coefficient (Wildman–Crippen LogP) is 7.83. The van der Waals surface area contributed by atoms with Gasteiger partial charge < -0.3 is 15.5 Å². The van der Waals surface area contributed by atoms with Crippen LogP contribution in [-0.2, 0) is 11.3 Å². The van der Waals surface area contributed by atoms with Crippen molar-refractivity contribution in [1.29, 1.82) is 0 Å². The van der Waals surface area contributed by atoms with E-state index in [4.69, 9.17) is 0 Å². The van der Waals surface area contributed by atoms with Crippen LogP contribution < -0.4 is 10.6 Å². The lowest BCUT2D eigenvalue weighted by Crippen LogP contribution is -2.26. The smallest absolute Gasteiger partial charge is 0.280 e. The molecule has 0 aliphatic heterocycles. The van der Waals surface area contributed by atoms with Crippen molar-refractivity contribution in [3.63, 3.8) is 0 Å². The number of thiazole rings is 2. The minimum Gasteiger partial charge on any atom is -0.344 e. The SMILES string of the molecule is CC(NC(=O)c1nc2ccc(NC(=O)c3ccccc3-c3cn4ccsc4n3)cc2s1)c1ccccc1.CN(C=O)Cc1ccc(F)cc1. The monoisotopic (exact) mass is 690 g/mol. The summed E-state index contributed by atoms with van der Waals surface area (Å²) in [6, 6.07) is 28.6. The molecule has 246 valence electrons. The number of imidazole rings is 1. The molecule has 0 spiro atoms. The van der Waals surface area contributed by atoms with E-state index in [0.717, 1.165) is 38.5 Å². The molecule has 0 aliphatic carbocycles. The molecular weight excluding hydrogens is 660 g/mol. The van der Waals surface area contributed by atoms with Gasteiger partial charge in [-0.05, 0) is 54.4 Å². The molecule has 0 aliphatic rings. The Morgan fingerprint density at radius 2 is 1.71 bits per heavy atom. The van der Waals surface area contributed by atoms with Crippen LogP contribution in [0, 0.1) is 5.82 Å². The molecule has 1 unspecified atom stereocenters. The molecule has 1 atom stereocenters. The van der Waals surface area contributed by atoms with E-state index in [-0.39, 0.29) is 23.7 Å². The highest BCUT2D eigenvalue weighted by Crippen LogP contribution is 2.28. The van der Waals surface area contributed by atoms with Gasteiger partial charge in [0.25, 0.3) is 11.8 Å².